The lowest BCUT2D eigenvalue weighted by Crippen LogP contribution is -2.33. The molecule has 0 aromatic heterocycles. The van der Waals surface area contributed by atoms with Gasteiger partial charge in [0.05, 0.1) is 17.0 Å². The molecule has 8 heteroatoms. The third kappa shape index (κ3) is 2.45. The fourth-order valence-corrected chi connectivity index (χ4v) is 3.02. The average molecular weight is 361 g/mol. The van der Waals surface area contributed by atoms with Crippen LogP contribution in [0.5, 0.6) is 0 Å². The maximum atomic E-state index is 13.3. The van der Waals surface area contributed by atoms with Gasteiger partial charge in [0.2, 0.25) is 0 Å². The van der Waals surface area contributed by atoms with Gasteiger partial charge in [0.25, 0.3) is 11.8 Å². The van der Waals surface area contributed by atoms with Crippen LogP contribution in [0.25, 0.3) is 0 Å². The van der Waals surface area contributed by atoms with E-state index in [1.807, 2.05) is 0 Å². The van der Waals surface area contributed by atoms with Gasteiger partial charge in [0.1, 0.15) is 0 Å². The Morgan fingerprint density at radius 1 is 1.00 bits per heavy atom. The van der Waals surface area contributed by atoms with E-state index in [-0.39, 0.29) is 23.1 Å². The number of benzene rings is 2. The van der Waals surface area contributed by atoms with Crippen molar-refractivity contribution >= 4 is 17.8 Å². The van der Waals surface area contributed by atoms with Gasteiger partial charge >= 0.3 is 5.97 Å². The molecule has 4 rings (SSSR count). The molecule has 2 aromatic rings. The Morgan fingerprint density at radius 2 is 1.54 bits per heavy atom. The molecule has 0 bridgehead atoms. The van der Waals surface area contributed by atoms with Crippen LogP contribution in [-0.2, 0) is 9.63 Å². The molecule has 0 N–H and O–H groups in total. The van der Waals surface area contributed by atoms with Gasteiger partial charge in [-0.1, -0.05) is 17.2 Å². The first-order chi connectivity index (χ1) is 12.4. The van der Waals surface area contributed by atoms with Crippen LogP contribution in [0.3, 0.4) is 0 Å². The number of imide groups is 1. The van der Waals surface area contributed by atoms with Crippen molar-refractivity contribution in [2.24, 2.45) is 5.92 Å². The molecule has 0 spiro atoms. The maximum absolute atomic E-state index is 13.3. The minimum absolute atomic E-state index is 0.116. The van der Waals surface area contributed by atoms with Crippen molar-refractivity contribution < 1.29 is 32.4 Å². The quantitative estimate of drug-likeness (QED) is 0.623. The predicted molar refractivity (Wildman–Crippen MR) is 80.2 cm³/mol. The average Bonchev–Trinajstić information content (AvgIpc) is 3.39. The van der Waals surface area contributed by atoms with Gasteiger partial charge < -0.3 is 4.84 Å². The molecule has 2 amide bonds. The summed E-state index contributed by atoms with van der Waals surface area (Å²) in [6, 6.07) is 7.66. The van der Waals surface area contributed by atoms with E-state index >= 15 is 0 Å². The van der Waals surface area contributed by atoms with Crippen LogP contribution in [0.2, 0.25) is 0 Å². The Hall–Kier alpha value is -3.16. The molecular formula is C18H10F3NO4. The second-order valence-electron chi connectivity index (χ2n) is 6.11. The Labute approximate surface area is 144 Å². The number of halogens is 3. The molecule has 1 aliphatic carbocycles. The molecule has 2 atom stereocenters. The van der Waals surface area contributed by atoms with Crippen LogP contribution >= 0.6 is 0 Å². The normalized spacial score (nSPS) is 21.0. The van der Waals surface area contributed by atoms with Gasteiger partial charge in [-0.3, -0.25) is 9.59 Å². The highest BCUT2D eigenvalue weighted by Gasteiger charge is 2.48. The second-order valence-corrected chi connectivity index (χ2v) is 6.11. The van der Waals surface area contributed by atoms with Crippen LogP contribution in [0, 0.1) is 23.4 Å². The maximum Gasteiger partial charge on any atom is 0.336 e. The molecule has 2 aromatic carbocycles. The fourth-order valence-electron chi connectivity index (χ4n) is 3.02. The summed E-state index contributed by atoms with van der Waals surface area (Å²) in [5.41, 5.74) is 0.367. The van der Waals surface area contributed by atoms with E-state index in [1.165, 1.54) is 12.1 Å². The molecule has 1 aliphatic heterocycles. The van der Waals surface area contributed by atoms with Crippen LogP contribution in [-0.4, -0.2) is 22.8 Å². The Kier molecular flexibility index (Phi) is 3.57. The van der Waals surface area contributed by atoms with E-state index in [9.17, 15) is 27.6 Å². The summed E-state index contributed by atoms with van der Waals surface area (Å²) in [5, 5.41) is 0.383. The zero-order valence-corrected chi connectivity index (χ0v) is 13.0. The molecule has 26 heavy (non-hydrogen) atoms. The van der Waals surface area contributed by atoms with E-state index in [0.717, 1.165) is 12.1 Å². The Bertz CT molecular complexity index is 917. The third-order valence-electron chi connectivity index (χ3n) is 4.47. The zero-order valence-electron chi connectivity index (χ0n) is 13.0. The first kappa shape index (κ1) is 16.3. The van der Waals surface area contributed by atoms with Crippen LogP contribution in [0.1, 0.15) is 38.6 Å². The molecular weight excluding hydrogens is 351 g/mol. The summed E-state index contributed by atoms with van der Waals surface area (Å²) >= 11 is 0. The van der Waals surface area contributed by atoms with Gasteiger partial charge in [0.15, 0.2) is 17.5 Å². The minimum atomic E-state index is -1.58. The van der Waals surface area contributed by atoms with Crippen LogP contribution < -0.4 is 0 Å². The highest BCUT2D eigenvalue weighted by molar-refractivity contribution is 6.20. The van der Waals surface area contributed by atoms with Crippen molar-refractivity contribution in [3.05, 3.63) is 70.5 Å². The largest absolute Gasteiger partial charge is 0.336 e. The fraction of sp³-hybridized carbons (Fsp3) is 0.167. The summed E-state index contributed by atoms with van der Waals surface area (Å²) < 4.78 is 39.6. The summed E-state index contributed by atoms with van der Waals surface area (Å²) in [5.74, 6) is -8.00. The SMILES string of the molecule is O=C(ON1C(=O)c2ccccc2C1=O)[C@@H]1C[C@H]1c1cc(F)c(F)c(F)c1. The smallest absolute Gasteiger partial charge is 0.329 e. The van der Waals surface area contributed by atoms with E-state index in [4.69, 9.17) is 4.84 Å². The molecule has 0 unspecified atom stereocenters. The van der Waals surface area contributed by atoms with Crippen molar-refractivity contribution in [1.82, 2.24) is 5.06 Å². The van der Waals surface area contributed by atoms with Crippen molar-refractivity contribution in [2.45, 2.75) is 12.3 Å². The van der Waals surface area contributed by atoms with E-state index in [0.29, 0.717) is 5.06 Å². The molecule has 2 aliphatic rings. The van der Waals surface area contributed by atoms with Gasteiger partial charge in [0, 0.05) is 0 Å². The number of nitrogens with zero attached hydrogens (tertiary/aromatic N) is 1. The molecule has 1 fully saturated rings. The molecule has 5 nitrogen and oxygen atoms in total. The number of fused-ring (bicyclic) bond motifs is 1. The highest BCUT2D eigenvalue weighted by atomic mass is 19.2. The lowest BCUT2D eigenvalue weighted by molar-refractivity contribution is -0.170. The number of hydroxylamine groups is 2. The first-order valence-electron chi connectivity index (χ1n) is 7.72. The topological polar surface area (TPSA) is 63.7 Å². The first-order valence-corrected chi connectivity index (χ1v) is 7.72. The summed E-state index contributed by atoms with van der Waals surface area (Å²) in [4.78, 5) is 41.4. The minimum Gasteiger partial charge on any atom is -0.329 e. The molecule has 0 saturated heterocycles. The van der Waals surface area contributed by atoms with Gasteiger partial charge in [-0.05, 0) is 42.2 Å². The van der Waals surface area contributed by atoms with Crippen molar-refractivity contribution in [2.75, 3.05) is 0 Å². The lowest BCUT2D eigenvalue weighted by atomic mass is 10.1. The zero-order chi connectivity index (χ0) is 18.6. The summed E-state index contributed by atoms with van der Waals surface area (Å²) in [6.45, 7) is 0. The van der Waals surface area contributed by atoms with Crippen molar-refractivity contribution in [3.63, 3.8) is 0 Å². The number of hydrogen-bond acceptors (Lipinski definition) is 4. The second kappa shape index (κ2) is 5.69. The number of rotatable bonds is 3. The molecule has 1 saturated carbocycles. The number of carbonyl (C=O) groups excluding carboxylic acids is 3. The monoisotopic (exact) mass is 361 g/mol. The molecule has 132 valence electrons. The van der Waals surface area contributed by atoms with Crippen molar-refractivity contribution in [1.29, 1.82) is 0 Å². The van der Waals surface area contributed by atoms with Crippen LogP contribution in [0.15, 0.2) is 36.4 Å². The highest BCUT2D eigenvalue weighted by Crippen LogP contribution is 2.49. The Morgan fingerprint density at radius 3 is 2.08 bits per heavy atom. The third-order valence-corrected chi connectivity index (χ3v) is 4.47. The lowest BCUT2D eigenvalue weighted by Gasteiger charge is -2.12. The molecule has 0 radical (unpaired) electrons. The predicted octanol–water partition coefficient (Wildman–Crippen LogP) is 2.96. The van der Waals surface area contributed by atoms with Gasteiger partial charge in [-0.15, -0.1) is 0 Å². The standard InChI is InChI=1S/C18H10F3NO4/c19-13-5-8(6-14(20)15(13)21)11-7-12(11)18(25)26-22-16(23)9-3-1-2-4-10(9)17(22)24/h1-6,11-12H,7H2/t11-,12+/m0/s1. The molecule has 1 heterocycles. The number of hydrogen-bond donors (Lipinski definition) is 0. The van der Waals surface area contributed by atoms with Crippen LogP contribution in [0.4, 0.5) is 13.2 Å². The van der Waals surface area contributed by atoms with Crippen molar-refractivity contribution in [3.8, 4) is 0 Å². The van der Waals surface area contributed by atoms with Gasteiger partial charge in [-0.25, -0.2) is 18.0 Å². The van der Waals surface area contributed by atoms with Gasteiger partial charge in [-0.2, -0.15) is 0 Å². The number of carbonyl (C=O) groups is 3. The number of amides is 2. The van der Waals surface area contributed by atoms with E-state index in [2.05, 4.69) is 0 Å². The van der Waals surface area contributed by atoms with E-state index < -0.39 is 47.1 Å². The Balaban J connectivity index is 1.48. The summed E-state index contributed by atoms with van der Waals surface area (Å²) in [7, 11) is 0. The van der Waals surface area contributed by atoms with E-state index in [1.54, 1.807) is 12.1 Å². The summed E-state index contributed by atoms with van der Waals surface area (Å²) in [6.07, 6.45) is 0.215.